The summed E-state index contributed by atoms with van der Waals surface area (Å²) in [6.07, 6.45) is -2.39. The number of nitrogens with zero attached hydrogens (tertiary/aromatic N) is 3. The zero-order valence-electron chi connectivity index (χ0n) is 19.7. The molecule has 1 aliphatic rings. The number of fused-ring (bicyclic) bond motifs is 1. The molecule has 0 bridgehead atoms. The molecular formula is C24H29N5O6. The Labute approximate surface area is 201 Å². The summed E-state index contributed by atoms with van der Waals surface area (Å²) in [6.45, 7) is 4.92. The van der Waals surface area contributed by atoms with Gasteiger partial charge in [0.2, 0.25) is 0 Å². The smallest absolute Gasteiger partial charge is 0.323 e. The van der Waals surface area contributed by atoms with Crippen LogP contribution in [-0.4, -0.2) is 67.6 Å². The molecule has 0 aliphatic carbocycles. The van der Waals surface area contributed by atoms with Gasteiger partial charge in [0.05, 0.1) is 5.69 Å². The largest absolute Gasteiger partial charge is 0.462 e. The number of aliphatic hydroxyl groups excluding tert-OH is 2. The molecule has 1 aromatic carbocycles. The maximum atomic E-state index is 12.6. The number of amides is 1. The average molecular weight is 484 g/mol. The standard InChI is InChI=1S/C24H29N5O6/c1-13(2)18(25)23(33)34-11-16-19(30)20(31)24(3,35-16)17-10-9-15-21(26-12-27-29(15)17)28-22(32)14-7-5-4-6-8-14/h4-10,12-13,16,18-20,30-31H,11,25H2,1-3H3,(H,26,27,28,32)/t16-,18+,19-,20-,24+/m1/s1. The summed E-state index contributed by atoms with van der Waals surface area (Å²) in [5, 5.41) is 28.5. The van der Waals surface area contributed by atoms with E-state index in [2.05, 4.69) is 15.4 Å². The van der Waals surface area contributed by atoms with E-state index in [0.29, 0.717) is 16.8 Å². The first kappa shape index (κ1) is 24.7. The Morgan fingerprint density at radius 2 is 1.94 bits per heavy atom. The molecule has 1 aliphatic heterocycles. The molecular weight excluding hydrogens is 454 g/mol. The SMILES string of the molecule is CC(C)[C@H](N)C(=O)OC[C@H]1O[C@@](C)(c2ccc3c(NC(=O)c4ccccc4)ncnn23)[C@H](O)[C@@H]1O. The Hall–Kier alpha value is -3.38. The third-order valence-corrected chi connectivity index (χ3v) is 6.27. The lowest BCUT2D eigenvalue weighted by Crippen LogP contribution is -2.41. The molecule has 0 unspecified atom stereocenters. The maximum Gasteiger partial charge on any atom is 0.323 e. The summed E-state index contributed by atoms with van der Waals surface area (Å²) in [5.74, 6) is -0.797. The van der Waals surface area contributed by atoms with Crippen molar-refractivity contribution in [2.24, 2.45) is 11.7 Å². The number of hydrogen-bond donors (Lipinski definition) is 4. The maximum absolute atomic E-state index is 12.6. The van der Waals surface area contributed by atoms with Gasteiger partial charge in [-0.15, -0.1) is 0 Å². The van der Waals surface area contributed by atoms with Crippen molar-refractivity contribution in [1.29, 1.82) is 0 Å². The number of aliphatic hydroxyl groups is 2. The van der Waals surface area contributed by atoms with Crippen LogP contribution in [0, 0.1) is 5.92 Å². The predicted octanol–water partition coefficient (Wildman–Crippen LogP) is 0.844. The number of carbonyl (C=O) groups excluding carboxylic acids is 2. The summed E-state index contributed by atoms with van der Waals surface area (Å²) in [4.78, 5) is 28.9. The van der Waals surface area contributed by atoms with Crippen LogP contribution in [0.1, 0.15) is 36.8 Å². The summed E-state index contributed by atoms with van der Waals surface area (Å²) in [6, 6.07) is 11.2. The summed E-state index contributed by atoms with van der Waals surface area (Å²) in [5.41, 5.74) is 5.78. The van der Waals surface area contributed by atoms with Crippen LogP contribution in [0.2, 0.25) is 0 Å². The molecule has 2 aromatic heterocycles. The third kappa shape index (κ3) is 4.63. The Bertz CT molecular complexity index is 1220. The lowest BCUT2D eigenvalue weighted by molar-refractivity contribution is -0.154. The fraction of sp³-hybridized carbons (Fsp3) is 0.417. The van der Waals surface area contributed by atoms with Gasteiger partial charge in [-0.3, -0.25) is 9.59 Å². The predicted molar refractivity (Wildman–Crippen MR) is 125 cm³/mol. The number of esters is 1. The van der Waals surface area contributed by atoms with Gasteiger partial charge in [-0.05, 0) is 37.1 Å². The fourth-order valence-electron chi connectivity index (χ4n) is 4.04. The van der Waals surface area contributed by atoms with Crippen molar-refractivity contribution in [3.63, 3.8) is 0 Å². The van der Waals surface area contributed by atoms with Gasteiger partial charge in [0.1, 0.15) is 48.4 Å². The summed E-state index contributed by atoms with van der Waals surface area (Å²) < 4.78 is 12.7. The van der Waals surface area contributed by atoms with E-state index in [1.165, 1.54) is 10.8 Å². The molecule has 4 rings (SSSR count). The topological polar surface area (TPSA) is 161 Å². The quantitative estimate of drug-likeness (QED) is 0.357. The highest BCUT2D eigenvalue weighted by Gasteiger charge is 2.54. The molecule has 35 heavy (non-hydrogen) atoms. The van der Waals surface area contributed by atoms with Crippen LogP contribution in [-0.2, 0) is 19.9 Å². The van der Waals surface area contributed by atoms with Crippen LogP contribution in [0.25, 0.3) is 5.52 Å². The van der Waals surface area contributed by atoms with E-state index < -0.39 is 35.9 Å². The number of aromatic nitrogens is 3. The first-order chi connectivity index (χ1) is 16.6. The Morgan fingerprint density at radius 3 is 2.63 bits per heavy atom. The number of nitrogens with one attached hydrogen (secondary N) is 1. The molecule has 186 valence electrons. The molecule has 0 radical (unpaired) electrons. The first-order valence-electron chi connectivity index (χ1n) is 11.3. The van der Waals surface area contributed by atoms with Crippen molar-refractivity contribution in [3.05, 3.63) is 60.0 Å². The molecule has 0 saturated carbocycles. The minimum absolute atomic E-state index is 0.115. The van der Waals surface area contributed by atoms with Crippen molar-refractivity contribution >= 4 is 23.2 Å². The monoisotopic (exact) mass is 483 g/mol. The second-order valence-electron chi connectivity index (χ2n) is 9.04. The third-order valence-electron chi connectivity index (χ3n) is 6.27. The van der Waals surface area contributed by atoms with Crippen molar-refractivity contribution in [2.45, 2.75) is 50.7 Å². The second-order valence-corrected chi connectivity index (χ2v) is 9.04. The van der Waals surface area contributed by atoms with Crippen LogP contribution >= 0.6 is 0 Å². The molecule has 5 N–H and O–H groups in total. The van der Waals surface area contributed by atoms with Gasteiger partial charge in [-0.25, -0.2) is 9.50 Å². The number of carbonyl (C=O) groups is 2. The summed E-state index contributed by atoms with van der Waals surface area (Å²) >= 11 is 0. The van der Waals surface area contributed by atoms with Crippen molar-refractivity contribution in [1.82, 2.24) is 14.6 Å². The lowest BCUT2D eigenvalue weighted by atomic mass is 9.93. The molecule has 1 fully saturated rings. The van der Waals surface area contributed by atoms with Crippen molar-refractivity contribution in [2.75, 3.05) is 11.9 Å². The summed E-state index contributed by atoms with van der Waals surface area (Å²) in [7, 11) is 0. The van der Waals surface area contributed by atoms with Gasteiger partial charge in [0.25, 0.3) is 5.91 Å². The van der Waals surface area contributed by atoms with Gasteiger partial charge in [0.15, 0.2) is 5.82 Å². The minimum atomic E-state index is -1.39. The van der Waals surface area contributed by atoms with E-state index in [-0.39, 0.29) is 24.2 Å². The van der Waals surface area contributed by atoms with E-state index in [9.17, 15) is 19.8 Å². The number of anilines is 1. The molecule has 1 saturated heterocycles. The van der Waals surface area contributed by atoms with E-state index in [4.69, 9.17) is 15.2 Å². The number of nitrogens with two attached hydrogens (primary N) is 1. The van der Waals surface area contributed by atoms with Crippen molar-refractivity contribution < 1.29 is 29.3 Å². The van der Waals surface area contributed by atoms with Crippen LogP contribution in [0.4, 0.5) is 5.82 Å². The second kappa shape index (κ2) is 9.70. The highest BCUT2D eigenvalue weighted by molar-refractivity contribution is 6.05. The Balaban J connectivity index is 1.56. The van der Waals surface area contributed by atoms with E-state index in [1.54, 1.807) is 57.2 Å². The minimum Gasteiger partial charge on any atom is -0.462 e. The van der Waals surface area contributed by atoms with E-state index in [1.807, 2.05) is 6.07 Å². The van der Waals surface area contributed by atoms with Crippen LogP contribution < -0.4 is 11.1 Å². The van der Waals surface area contributed by atoms with Crippen LogP contribution in [0.3, 0.4) is 0 Å². The van der Waals surface area contributed by atoms with Crippen molar-refractivity contribution in [3.8, 4) is 0 Å². The molecule has 11 nitrogen and oxygen atoms in total. The highest BCUT2D eigenvalue weighted by atomic mass is 16.6. The zero-order chi connectivity index (χ0) is 25.3. The number of benzene rings is 1. The zero-order valence-corrected chi connectivity index (χ0v) is 19.7. The van der Waals surface area contributed by atoms with Gasteiger partial charge in [-0.1, -0.05) is 32.0 Å². The molecule has 3 aromatic rings. The Kier molecular flexibility index (Phi) is 6.86. The van der Waals surface area contributed by atoms with E-state index in [0.717, 1.165) is 0 Å². The Morgan fingerprint density at radius 1 is 1.23 bits per heavy atom. The van der Waals surface area contributed by atoms with Crippen LogP contribution in [0.15, 0.2) is 48.8 Å². The van der Waals surface area contributed by atoms with Gasteiger partial charge in [-0.2, -0.15) is 5.10 Å². The highest BCUT2D eigenvalue weighted by Crippen LogP contribution is 2.40. The molecule has 0 spiro atoms. The fourth-order valence-corrected chi connectivity index (χ4v) is 4.04. The lowest BCUT2D eigenvalue weighted by Gasteiger charge is -2.27. The first-order valence-corrected chi connectivity index (χ1v) is 11.3. The van der Waals surface area contributed by atoms with Gasteiger partial charge < -0.3 is 30.7 Å². The molecule has 11 heteroatoms. The average Bonchev–Trinajstić information content (AvgIpc) is 3.39. The molecule has 5 atom stereocenters. The normalized spacial score (nSPS) is 25.1. The number of rotatable bonds is 7. The number of ether oxygens (including phenoxy) is 2. The van der Waals surface area contributed by atoms with Gasteiger partial charge >= 0.3 is 5.97 Å². The van der Waals surface area contributed by atoms with Crippen LogP contribution in [0.5, 0.6) is 0 Å². The number of hydrogen-bond acceptors (Lipinski definition) is 9. The molecule has 3 heterocycles. The molecule has 1 amide bonds. The van der Waals surface area contributed by atoms with Gasteiger partial charge in [0, 0.05) is 5.56 Å². The van der Waals surface area contributed by atoms with E-state index >= 15 is 0 Å².